The van der Waals surface area contributed by atoms with Gasteiger partial charge in [-0.1, -0.05) is 23.8 Å². The van der Waals surface area contributed by atoms with Gasteiger partial charge in [0, 0.05) is 11.6 Å². The fourth-order valence-electron chi connectivity index (χ4n) is 2.37. The number of rotatable bonds is 4. The number of hydrogen-bond donors (Lipinski definition) is 1. The van der Waals surface area contributed by atoms with E-state index in [1.807, 2.05) is 45.2 Å². The van der Waals surface area contributed by atoms with Crippen LogP contribution in [0.1, 0.15) is 26.3 Å². The van der Waals surface area contributed by atoms with Crippen LogP contribution in [0.3, 0.4) is 0 Å². The van der Waals surface area contributed by atoms with Crippen LogP contribution in [-0.2, 0) is 10.0 Å². The molecule has 1 N–H and O–H groups in total. The predicted octanol–water partition coefficient (Wildman–Crippen LogP) is 4.37. The van der Waals surface area contributed by atoms with E-state index < -0.39 is 10.0 Å². The number of benzene rings is 1. The minimum atomic E-state index is -3.78. The van der Waals surface area contributed by atoms with Gasteiger partial charge in [0.25, 0.3) is 10.0 Å². The molecule has 0 amide bonds. The van der Waals surface area contributed by atoms with Crippen LogP contribution in [0.15, 0.2) is 52.7 Å². The summed E-state index contributed by atoms with van der Waals surface area (Å²) in [7, 11) is -3.78. The number of anilines is 1. The van der Waals surface area contributed by atoms with Crippen LogP contribution in [0.5, 0.6) is 0 Å². The first-order valence-electron chi connectivity index (χ1n) is 7.91. The van der Waals surface area contributed by atoms with Crippen molar-refractivity contribution in [1.82, 2.24) is 9.19 Å². The minimum absolute atomic E-state index is 0.218. The molecule has 132 valence electrons. The molecule has 0 unspecified atom stereocenters. The largest absolute Gasteiger partial charge is 0.365 e. The second kappa shape index (κ2) is 6.31. The van der Waals surface area contributed by atoms with E-state index in [0.29, 0.717) is 11.5 Å². The third kappa shape index (κ3) is 3.77. The molecule has 1 aromatic carbocycles. The maximum Gasteiger partial charge on any atom is 0.284 e. The zero-order valence-electron chi connectivity index (χ0n) is 14.6. The predicted molar refractivity (Wildman–Crippen MR) is 103 cm³/mol. The van der Waals surface area contributed by atoms with Crippen LogP contribution in [0.4, 0.5) is 5.82 Å². The zero-order valence-corrected chi connectivity index (χ0v) is 16.3. The van der Waals surface area contributed by atoms with E-state index in [1.165, 1.54) is 11.3 Å². The van der Waals surface area contributed by atoms with Gasteiger partial charge in [-0.05, 0) is 51.3 Å². The lowest BCUT2D eigenvalue weighted by Gasteiger charge is -2.22. The molecule has 2 aromatic heterocycles. The van der Waals surface area contributed by atoms with Gasteiger partial charge in [0.15, 0.2) is 0 Å². The molecule has 0 bridgehead atoms. The molecule has 0 aliphatic carbocycles. The van der Waals surface area contributed by atoms with Crippen molar-refractivity contribution in [2.24, 2.45) is 0 Å². The van der Waals surface area contributed by atoms with Gasteiger partial charge < -0.3 is 5.32 Å². The van der Waals surface area contributed by atoms with Crippen molar-refractivity contribution >= 4 is 27.2 Å². The second-order valence-electron chi connectivity index (χ2n) is 6.93. The SMILES string of the molecule is Cc1ccc(S(=O)(=O)n2nc(-c3cccs3)cc2NC(C)(C)C)cc1. The number of aryl methyl sites for hydroxylation is 1. The first-order valence-corrected chi connectivity index (χ1v) is 10.2. The van der Waals surface area contributed by atoms with Gasteiger partial charge in [0.2, 0.25) is 0 Å². The molecule has 0 aliphatic heterocycles. The lowest BCUT2D eigenvalue weighted by molar-refractivity contribution is 0.577. The summed E-state index contributed by atoms with van der Waals surface area (Å²) in [6.45, 7) is 7.86. The summed E-state index contributed by atoms with van der Waals surface area (Å²) >= 11 is 1.53. The highest BCUT2D eigenvalue weighted by atomic mass is 32.2. The molecule has 0 radical (unpaired) electrons. The summed E-state index contributed by atoms with van der Waals surface area (Å²) in [5.74, 6) is 0.455. The van der Waals surface area contributed by atoms with Crippen LogP contribution in [0.25, 0.3) is 10.6 Å². The Kier molecular flexibility index (Phi) is 4.47. The normalized spacial score (nSPS) is 12.3. The quantitative estimate of drug-likeness (QED) is 0.735. The highest BCUT2D eigenvalue weighted by Gasteiger charge is 2.25. The Hall–Kier alpha value is -2.12. The second-order valence-corrected chi connectivity index (χ2v) is 9.64. The summed E-state index contributed by atoms with van der Waals surface area (Å²) in [6, 6.07) is 12.4. The van der Waals surface area contributed by atoms with E-state index >= 15 is 0 Å². The van der Waals surface area contributed by atoms with Crippen molar-refractivity contribution < 1.29 is 8.42 Å². The maximum atomic E-state index is 13.1. The van der Waals surface area contributed by atoms with E-state index in [4.69, 9.17) is 0 Å². The average molecular weight is 376 g/mol. The van der Waals surface area contributed by atoms with Crippen molar-refractivity contribution in [1.29, 1.82) is 0 Å². The Labute approximate surface area is 152 Å². The number of thiophene rings is 1. The molecule has 5 nitrogen and oxygen atoms in total. The van der Waals surface area contributed by atoms with Crippen molar-refractivity contribution in [3.8, 4) is 10.6 Å². The van der Waals surface area contributed by atoms with Crippen molar-refractivity contribution in [3.63, 3.8) is 0 Å². The number of hydrogen-bond acceptors (Lipinski definition) is 5. The van der Waals surface area contributed by atoms with Crippen molar-refractivity contribution in [3.05, 3.63) is 53.4 Å². The van der Waals surface area contributed by atoms with Crippen molar-refractivity contribution in [2.75, 3.05) is 5.32 Å². The van der Waals surface area contributed by atoms with Gasteiger partial charge in [-0.15, -0.1) is 15.4 Å². The first-order chi connectivity index (χ1) is 11.7. The summed E-state index contributed by atoms with van der Waals surface area (Å²) in [5, 5.41) is 9.57. The average Bonchev–Trinajstić information content (AvgIpc) is 3.15. The van der Waals surface area contributed by atoms with Crippen LogP contribution in [0.2, 0.25) is 0 Å². The van der Waals surface area contributed by atoms with Crippen LogP contribution in [0, 0.1) is 6.92 Å². The first kappa shape index (κ1) is 17.7. The Bertz CT molecular complexity index is 965. The molecule has 3 aromatic rings. The highest BCUT2D eigenvalue weighted by Crippen LogP contribution is 2.29. The van der Waals surface area contributed by atoms with Gasteiger partial charge in [0.1, 0.15) is 11.5 Å². The number of aromatic nitrogens is 2. The van der Waals surface area contributed by atoms with Gasteiger partial charge >= 0.3 is 0 Å². The molecular formula is C18H21N3O2S2. The van der Waals surface area contributed by atoms with E-state index in [2.05, 4.69) is 10.4 Å². The van der Waals surface area contributed by atoms with Gasteiger partial charge in [0.05, 0.1) is 9.77 Å². The molecule has 0 atom stereocenters. The summed E-state index contributed by atoms with van der Waals surface area (Å²) < 4.78 is 27.3. The Morgan fingerprint density at radius 3 is 2.36 bits per heavy atom. The van der Waals surface area contributed by atoms with Crippen molar-refractivity contribution in [2.45, 2.75) is 38.1 Å². The molecule has 0 spiro atoms. The van der Waals surface area contributed by atoms with E-state index in [-0.39, 0.29) is 10.4 Å². The standard InChI is InChI=1S/C18H21N3O2S2/c1-13-7-9-14(10-8-13)25(22,23)21-17(19-18(2,3)4)12-15(20-21)16-6-5-11-24-16/h5-12,19H,1-4H3. The van der Waals surface area contributed by atoms with E-state index in [0.717, 1.165) is 14.5 Å². The Morgan fingerprint density at radius 2 is 1.80 bits per heavy atom. The Balaban J connectivity index is 2.14. The van der Waals surface area contributed by atoms with Gasteiger partial charge in [-0.2, -0.15) is 13.5 Å². The minimum Gasteiger partial charge on any atom is -0.365 e. The fraction of sp³-hybridized carbons (Fsp3) is 0.278. The van der Waals surface area contributed by atoms with E-state index in [1.54, 1.807) is 30.3 Å². The van der Waals surface area contributed by atoms with Crippen LogP contribution in [-0.4, -0.2) is 23.1 Å². The molecule has 0 saturated carbocycles. The maximum absolute atomic E-state index is 13.1. The molecule has 0 fully saturated rings. The summed E-state index contributed by atoms with van der Waals surface area (Å²) in [5.41, 5.74) is 1.34. The molecule has 3 rings (SSSR count). The van der Waals surface area contributed by atoms with Gasteiger partial charge in [-0.25, -0.2) is 0 Å². The summed E-state index contributed by atoms with van der Waals surface area (Å²) in [6.07, 6.45) is 0. The molecule has 0 aliphatic rings. The monoisotopic (exact) mass is 375 g/mol. The molecule has 2 heterocycles. The van der Waals surface area contributed by atoms with Gasteiger partial charge in [-0.3, -0.25) is 0 Å². The third-order valence-electron chi connectivity index (χ3n) is 3.50. The zero-order chi connectivity index (χ0) is 18.2. The van der Waals surface area contributed by atoms with Crippen LogP contribution < -0.4 is 5.32 Å². The number of nitrogens with one attached hydrogen (secondary N) is 1. The molecule has 0 saturated heterocycles. The van der Waals surface area contributed by atoms with Crippen LogP contribution >= 0.6 is 11.3 Å². The topological polar surface area (TPSA) is 64.0 Å². The Morgan fingerprint density at radius 1 is 1.12 bits per heavy atom. The molecule has 7 heteroatoms. The third-order valence-corrected chi connectivity index (χ3v) is 6.00. The fourth-order valence-corrected chi connectivity index (χ4v) is 4.29. The molecule has 25 heavy (non-hydrogen) atoms. The smallest absolute Gasteiger partial charge is 0.284 e. The van der Waals surface area contributed by atoms with E-state index in [9.17, 15) is 8.42 Å². The summed E-state index contributed by atoms with van der Waals surface area (Å²) in [4.78, 5) is 1.14. The number of nitrogens with zero attached hydrogens (tertiary/aromatic N) is 2. The lowest BCUT2D eigenvalue weighted by Crippen LogP contribution is -2.29. The lowest BCUT2D eigenvalue weighted by atomic mass is 10.1. The molecular weight excluding hydrogens is 354 g/mol. The highest BCUT2D eigenvalue weighted by molar-refractivity contribution is 7.90.